The van der Waals surface area contributed by atoms with Crippen molar-refractivity contribution in [2.75, 3.05) is 0 Å². The fraction of sp³-hybridized carbons (Fsp3) is 0.625. The molecule has 1 radical (unpaired) electrons. The van der Waals surface area contributed by atoms with Crippen LogP contribution in [-0.4, -0.2) is 25.0 Å². The molecule has 87 valence electrons. The number of amides is 2. The SMILES string of the molecule is C[C](C(N)=O)C(=O)NS(=O)(=O)C(C)(C)C. The molecule has 0 aromatic rings. The molecule has 0 spiro atoms. The quantitative estimate of drug-likeness (QED) is 0.631. The third kappa shape index (κ3) is 3.50. The monoisotopic (exact) mass is 235 g/mol. The zero-order chi connectivity index (χ0) is 12.4. The van der Waals surface area contributed by atoms with Crippen molar-refractivity contribution in [2.45, 2.75) is 32.4 Å². The molecule has 0 aliphatic heterocycles. The van der Waals surface area contributed by atoms with E-state index in [1.54, 1.807) is 4.72 Å². The first-order valence-corrected chi connectivity index (χ1v) is 5.67. The minimum absolute atomic E-state index is 0.345. The molecule has 7 heteroatoms. The topological polar surface area (TPSA) is 106 Å². The molecule has 3 N–H and O–H groups in total. The minimum atomic E-state index is -3.80. The number of carbonyl (C=O) groups is 2. The smallest absolute Gasteiger partial charge is 0.250 e. The van der Waals surface area contributed by atoms with Gasteiger partial charge in [0.2, 0.25) is 15.9 Å². The summed E-state index contributed by atoms with van der Waals surface area (Å²) in [5.74, 6) is -2.28. The Hall–Kier alpha value is -1.11. The summed E-state index contributed by atoms with van der Waals surface area (Å²) in [6.45, 7) is 5.46. The maximum atomic E-state index is 11.5. The summed E-state index contributed by atoms with van der Waals surface area (Å²) in [5.41, 5.74) is 4.83. The standard InChI is InChI=1S/C8H15N2O4S/c1-5(6(9)11)7(12)10-15(13,14)8(2,3)4/h1-4H3,(H2,9,11)(H,10,12). The lowest BCUT2D eigenvalue weighted by Crippen LogP contribution is -2.46. The van der Waals surface area contributed by atoms with Crippen molar-refractivity contribution < 1.29 is 18.0 Å². The first-order valence-electron chi connectivity index (χ1n) is 4.19. The van der Waals surface area contributed by atoms with Crippen molar-refractivity contribution >= 4 is 21.8 Å². The van der Waals surface area contributed by atoms with E-state index < -0.39 is 26.6 Å². The number of primary amides is 1. The van der Waals surface area contributed by atoms with Crippen molar-refractivity contribution in [1.82, 2.24) is 4.72 Å². The van der Waals surface area contributed by atoms with Gasteiger partial charge < -0.3 is 5.73 Å². The van der Waals surface area contributed by atoms with Gasteiger partial charge in [-0.3, -0.25) is 14.3 Å². The molecule has 0 aliphatic rings. The highest BCUT2D eigenvalue weighted by Gasteiger charge is 2.33. The number of hydrogen-bond donors (Lipinski definition) is 2. The molecule has 0 saturated carbocycles. The van der Waals surface area contributed by atoms with E-state index in [0.717, 1.165) is 6.92 Å². The van der Waals surface area contributed by atoms with E-state index in [9.17, 15) is 18.0 Å². The second kappa shape index (κ2) is 4.18. The molecule has 0 fully saturated rings. The summed E-state index contributed by atoms with van der Waals surface area (Å²) in [4.78, 5) is 21.8. The molecular formula is C8H15N2O4S. The third-order valence-corrected chi connectivity index (χ3v) is 3.81. The number of sulfonamides is 1. The van der Waals surface area contributed by atoms with E-state index in [-0.39, 0.29) is 5.92 Å². The third-order valence-electron chi connectivity index (χ3n) is 1.74. The van der Waals surface area contributed by atoms with Gasteiger partial charge >= 0.3 is 0 Å². The highest BCUT2D eigenvalue weighted by atomic mass is 32.2. The van der Waals surface area contributed by atoms with Crippen LogP contribution in [0.25, 0.3) is 0 Å². The maximum Gasteiger partial charge on any atom is 0.250 e. The summed E-state index contributed by atoms with van der Waals surface area (Å²) in [6.07, 6.45) is 0. The normalized spacial score (nSPS) is 12.6. The number of nitrogens with two attached hydrogens (primary N) is 1. The second-order valence-corrected chi connectivity index (χ2v) is 6.47. The summed E-state index contributed by atoms with van der Waals surface area (Å²) < 4.78 is 23.6. The van der Waals surface area contributed by atoms with Gasteiger partial charge in [-0.15, -0.1) is 0 Å². The van der Waals surface area contributed by atoms with E-state index in [0.29, 0.717) is 0 Å². The molecule has 0 rings (SSSR count). The largest absolute Gasteiger partial charge is 0.369 e. The Bertz CT molecular complexity index is 367. The van der Waals surface area contributed by atoms with Crippen molar-refractivity contribution in [3.63, 3.8) is 0 Å². The van der Waals surface area contributed by atoms with Crippen LogP contribution < -0.4 is 10.5 Å². The van der Waals surface area contributed by atoms with Crippen LogP contribution in [0.4, 0.5) is 0 Å². The number of hydrogen-bond acceptors (Lipinski definition) is 4. The van der Waals surface area contributed by atoms with Gasteiger partial charge in [-0.05, 0) is 27.7 Å². The van der Waals surface area contributed by atoms with Gasteiger partial charge in [-0.1, -0.05) is 0 Å². The van der Waals surface area contributed by atoms with Gasteiger partial charge in [0.25, 0.3) is 5.91 Å². The Morgan fingerprint density at radius 2 is 1.60 bits per heavy atom. The van der Waals surface area contributed by atoms with Crippen LogP contribution in [-0.2, 0) is 19.6 Å². The van der Waals surface area contributed by atoms with Crippen LogP contribution in [0.2, 0.25) is 0 Å². The zero-order valence-electron chi connectivity index (χ0n) is 9.12. The minimum Gasteiger partial charge on any atom is -0.369 e. The molecule has 0 aromatic heterocycles. The predicted octanol–water partition coefficient (Wildman–Crippen LogP) is -0.689. The van der Waals surface area contributed by atoms with Gasteiger partial charge in [-0.2, -0.15) is 0 Å². The molecule has 0 heterocycles. The first-order chi connectivity index (χ1) is 6.49. The fourth-order valence-electron chi connectivity index (χ4n) is 0.464. The van der Waals surface area contributed by atoms with Gasteiger partial charge in [0.15, 0.2) is 0 Å². The Balaban J connectivity index is 4.79. The number of rotatable bonds is 3. The molecular weight excluding hydrogens is 220 g/mol. The Labute approximate surface area is 89.3 Å². The van der Waals surface area contributed by atoms with Crippen LogP contribution in [0.1, 0.15) is 27.7 Å². The molecule has 0 unspecified atom stereocenters. The molecule has 0 aliphatic carbocycles. The summed E-state index contributed by atoms with van der Waals surface area (Å²) >= 11 is 0. The van der Waals surface area contributed by atoms with Crippen molar-refractivity contribution in [3.05, 3.63) is 5.92 Å². The molecule has 15 heavy (non-hydrogen) atoms. The van der Waals surface area contributed by atoms with E-state index in [4.69, 9.17) is 5.73 Å². The second-order valence-electron chi connectivity index (χ2n) is 4.04. The fourth-order valence-corrected chi connectivity index (χ4v) is 1.17. The van der Waals surface area contributed by atoms with Crippen LogP contribution in [0.5, 0.6) is 0 Å². The molecule has 0 aromatic carbocycles. The highest BCUT2D eigenvalue weighted by molar-refractivity contribution is 7.91. The average molecular weight is 235 g/mol. The average Bonchev–Trinajstić information content (AvgIpc) is 1.99. The number of carbonyl (C=O) groups excluding carboxylic acids is 2. The summed E-state index contributed by atoms with van der Waals surface area (Å²) in [6, 6.07) is 0. The Morgan fingerprint density at radius 1 is 1.20 bits per heavy atom. The maximum absolute atomic E-state index is 11.5. The van der Waals surface area contributed by atoms with E-state index >= 15 is 0 Å². The molecule has 2 amide bonds. The lowest BCUT2D eigenvalue weighted by Gasteiger charge is -2.20. The van der Waals surface area contributed by atoms with Gasteiger partial charge in [0.05, 0.1) is 4.75 Å². The highest BCUT2D eigenvalue weighted by Crippen LogP contribution is 2.13. The molecule has 6 nitrogen and oxygen atoms in total. The van der Waals surface area contributed by atoms with Crippen molar-refractivity contribution in [2.24, 2.45) is 5.73 Å². The molecule has 0 bridgehead atoms. The van der Waals surface area contributed by atoms with Crippen molar-refractivity contribution in [3.8, 4) is 0 Å². The van der Waals surface area contributed by atoms with E-state index in [1.165, 1.54) is 20.8 Å². The van der Waals surface area contributed by atoms with E-state index in [2.05, 4.69) is 0 Å². The molecule has 0 saturated heterocycles. The summed E-state index contributed by atoms with van der Waals surface area (Å²) in [5, 5.41) is 0. The summed E-state index contributed by atoms with van der Waals surface area (Å²) in [7, 11) is -3.80. The van der Waals surface area contributed by atoms with Crippen LogP contribution in [0, 0.1) is 5.92 Å². The Morgan fingerprint density at radius 3 is 1.87 bits per heavy atom. The van der Waals surface area contributed by atoms with Crippen LogP contribution >= 0.6 is 0 Å². The Kier molecular flexibility index (Phi) is 3.87. The van der Waals surface area contributed by atoms with E-state index in [1.807, 2.05) is 0 Å². The lowest BCUT2D eigenvalue weighted by atomic mass is 10.2. The van der Waals surface area contributed by atoms with Gasteiger partial charge in [0, 0.05) is 0 Å². The van der Waals surface area contributed by atoms with Crippen LogP contribution in [0.15, 0.2) is 0 Å². The lowest BCUT2D eigenvalue weighted by molar-refractivity contribution is -0.123. The molecule has 0 atom stereocenters. The first kappa shape index (κ1) is 13.9. The zero-order valence-corrected chi connectivity index (χ0v) is 9.94. The predicted molar refractivity (Wildman–Crippen MR) is 54.9 cm³/mol. The van der Waals surface area contributed by atoms with Gasteiger partial charge in [0.1, 0.15) is 5.92 Å². The van der Waals surface area contributed by atoms with Crippen LogP contribution in [0.3, 0.4) is 0 Å². The van der Waals surface area contributed by atoms with Gasteiger partial charge in [-0.25, -0.2) is 8.42 Å². The number of nitrogens with one attached hydrogen (secondary N) is 1. The van der Waals surface area contributed by atoms with Crippen molar-refractivity contribution in [1.29, 1.82) is 0 Å².